The number of benzene rings is 3. The minimum Gasteiger partial charge on any atom is -0.388 e. The van der Waals surface area contributed by atoms with Gasteiger partial charge in [-0.1, -0.05) is 64.0 Å². The lowest BCUT2D eigenvalue weighted by molar-refractivity contribution is 0.0785. The van der Waals surface area contributed by atoms with E-state index >= 15 is 0 Å². The third-order valence-corrected chi connectivity index (χ3v) is 6.98. The summed E-state index contributed by atoms with van der Waals surface area (Å²) in [5, 5.41) is 12.1. The molecular weight excluding hydrogens is 478 g/mol. The van der Waals surface area contributed by atoms with Crippen LogP contribution in [-0.2, 0) is 14.3 Å². The van der Waals surface area contributed by atoms with Crippen LogP contribution < -0.4 is 0 Å². The van der Waals surface area contributed by atoms with E-state index in [9.17, 15) is 13.5 Å². The summed E-state index contributed by atoms with van der Waals surface area (Å²) in [6.45, 7) is 1.50. The first-order chi connectivity index (χ1) is 14.8. The van der Waals surface area contributed by atoms with E-state index in [2.05, 4.69) is 15.9 Å². The van der Waals surface area contributed by atoms with Crippen molar-refractivity contribution in [3.05, 3.63) is 101 Å². The molecule has 160 valence electrons. The third-order valence-electron chi connectivity index (χ3n) is 5.19. The maximum Gasteiger partial charge on any atom is 0.297 e. The van der Waals surface area contributed by atoms with E-state index < -0.39 is 22.3 Å². The highest BCUT2D eigenvalue weighted by atomic mass is 79.9. The SMILES string of the molecule is Cc1ccc(S(=O)(=O)OC[C@@H](O)[C@H](c2cccc(Br)c2)n2ccc3ccccc32)cc1. The minimum absolute atomic E-state index is 0.0655. The van der Waals surface area contributed by atoms with Crippen LogP contribution >= 0.6 is 15.9 Å². The summed E-state index contributed by atoms with van der Waals surface area (Å²) in [7, 11) is -3.99. The molecule has 5 nitrogen and oxygen atoms in total. The molecule has 4 rings (SSSR count). The molecule has 4 aromatic rings. The van der Waals surface area contributed by atoms with Crippen LogP contribution in [0.4, 0.5) is 0 Å². The topological polar surface area (TPSA) is 68.5 Å². The molecule has 0 amide bonds. The molecule has 0 unspecified atom stereocenters. The van der Waals surface area contributed by atoms with Crippen molar-refractivity contribution in [2.75, 3.05) is 6.61 Å². The predicted octanol–water partition coefficient (Wildman–Crippen LogP) is 5.07. The highest BCUT2D eigenvalue weighted by Gasteiger charge is 2.27. The lowest BCUT2D eigenvalue weighted by Crippen LogP contribution is -2.30. The van der Waals surface area contributed by atoms with Gasteiger partial charge in [-0.05, 0) is 54.3 Å². The number of hydrogen-bond donors (Lipinski definition) is 1. The minimum atomic E-state index is -3.99. The van der Waals surface area contributed by atoms with Gasteiger partial charge in [-0.15, -0.1) is 0 Å². The zero-order chi connectivity index (χ0) is 22.0. The van der Waals surface area contributed by atoms with Crippen molar-refractivity contribution in [1.29, 1.82) is 0 Å². The number of halogens is 1. The molecule has 0 fully saturated rings. The van der Waals surface area contributed by atoms with Crippen LogP contribution in [0.1, 0.15) is 17.2 Å². The molecule has 0 radical (unpaired) electrons. The Balaban J connectivity index is 1.66. The van der Waals surface area contributed by atoms with Crippen molar-refractivity contribution in [3.63, 3.8) is 0 Å². The normalized spacial score (nSPS) is 13.9. The van der Waals surface area contributed by atoms with Crippen LogP contribution in [0.2, 0.25) is 0 Å². The Morgan fingerprint density at radius 1 is 1.00 bits per heavy atom. The lowest BCUT2D eigenvalue weighted by Gasteiger charge is -2.26. The molecular formula is C24H22BrNO4S. The molecule has 7 heteroatoms. The maximum absolute atomic E-state index is 12.6. The zero-order valence-electron chi connectivity index (χ0n) is 16.9. The smallest absolute Gasteiger partial charge is 0.297 e. The molecule has 0 aliphatic rings. The summed E-state index contributed by atoms with van der Waals surface area (Å²) in [4.78, 5) is 0.0655. The van der Waals surface area contributed by atoms with Crippen molar-refractivity contribution < 1.29 is 17.7 Å². The molecule has 0 saturated carbocycles. The monoisotopic (exact) mass is 499 g/mol. The first kappa shape index (κ1) is 21.8. The zero-order valence-corrected chi connectivity index (χ0v) is 19.3. The first-order valence-electron chi connectivity index (χ1n) is 9.80. The molecule has 0 spiro atoms. The number of hydrogen-bond acceptors (Lipinski definition) is 4. The van der Waals surface area contributed by atoms with Gasteiger partial charge in [0.2, 0.25) is 0 Å². The largest absolute Gasteiger partial charge is 0.388 e. The third kappa shape index (κ3) is 4.75. The number of nitrogens with zero attached hydrogens (tertiary/aromatic N) is 1. The molecule has 1 N–H and O–H groups in total. The number of aryl methyl sites for hydroxylation is 1. The van der Waals surface area contributed by atoms with Gasteiger partial charge in [0.1, 0.15) is 6.10 Å². The van der Waals surface area contributed by atoms with Gasteiger partial charge in [0.15, 0.2) is 0 Å². The van der Waals surface area contributed by atoms with Crippen LogP contribution in [0.15, 0.2) is 94.4 Å². The summed E-state index contributed by atoms with van der Waals surface area (Å²) in [6.07, 6.45) is 0.791. The second kappa shape index (κ2) is 8.96. The summed E-state index contributed by atoms with van der Waals surface area (Å²) in [5.74, 6) is 0. The van der Waals surface area contributed by atoms with Gasteiger partial charge < -0.3 is 9.67 Å². The van der Waals surface area contributed by atoms with Gasteiger partial charge in [0.25, 0.3) is 10.1 Å². The van der Waals surface area contributed by atoms with Crippen LogP contribution in [-0.4, -0.2) is 30.8 Å². The van der Waals surface area contributed by atoms with E-state index in [-0.39, 0.29) is 11.5 Å². The van der Waals surface area contributed by atoms with E-state index in [1.165, 1.54) is 12.1 Å². The quantitative estimate of drug-likeness (QED) is 0.360. The summed E-state index contributed by atoms with van der Waals surface area (Å²) in [5.41, 5.74) is 2.72. The maximum atomic E-state index is 12.6. The van der Waals surface area contributed by atoms with E-state index in [1.54, 1.807) is 12.1 Å². The van der Waals surface area contributed by atoms with Crippen molar-refractivity contribution >= 4 is 37.0 Å². The highest BCUT2D eigenvalue weighted by molar-refractivity contribution is 9.10. The standard InChI is InChI=1S/C24H22BrNO4S/c1-17-9-11-21(12-10-17)31(28,29)30-16-23(27)24(19-6-4-7-20(25)15-19)26-14-13-18-5-2-3-8-22(18)26/h2-15,23-24,27H,16H2,1H3/t23-,24+/m1/s1. The van der Waals surface area contributed by atoms with E-state index in [1.807, 2.05) is 72.3 Å². The predicted molar refractivity (Wildman–Crippen MR) is 125 cm³/mol. The number of fused-ring (bicyclic) bond motifs is 1. The Morgan fingerprint density at radius 3 is 2.48 bits per heavy atom. The fraction of sp³-hybridized carbons (Fsp3) is 0.167. The summed E-state index contributed by atoms with van der Waals surface area (Å²) in [6, 6.07) is 23.3. The second-order valence-electron chi connectivity index (χ2n) is 7.40. The van der Waals surface area contributed by atoms with E-state index in [4.69, 9.17) is 4.18 Å². The molecule has 0 saturated heterocycles. The van der Waals surface area contributed by atoms with Crippen LogP contribution in [0.5, 0.6) is 0 Å². The fourth-order valence-corrected chi connectivity index (χ4v) is 4.97. The van der Waals surface area contributed by atoms with Crippen molar-refractivity contribution in [3.8, 4) is 0 Å². The Hall–Kier alpha value is -2.45. The van der Waals surface area contributed by atoms with Gasteiger partial charge in [0, 0.05) is 16.2 Å². The molecule has 3 aromatic carbocycles. The Morgan fingerprint density at radius 2 is 1.74 bits per heavy atom. The van der Waals surface area contributed by atoms with Crippen LogP contribution in [0, 0.1) is 6.92 Å². The Labute approximate surface area is 190 Å². The number of aromatic nitrogens is 1. The fourth-order valence-electron chi connectivity index (χ4n) is 3.63. The second-order valence-corrected chi connectivity index (χ2v) is 9.93. The van der Waals surface area contributed by atoms with Gasteiger partial charge >= 0.3 is 0 Å². The van der Waals surface area contributed by atoms with Gasteiger partial charge in [-0.3, -0.25) is 4.18 Å². The molecule has 1 heterocycles. The van der Waals surface area contributed by atoms with Gasteiger partial charge in [0.05, 0.1) is 17.5 Å². The lowest BCUT2D eigenvalue weighted by atomic mass is 10.0. The molecule has 2 atom stereocenters. The van der Waals surface area contributed by atoms with Crippen molar-refractivity contribution in [2.24, 2.45) is 0 Å². The van der Waals surface area contributed by atoms with Crippen molar-refractivity contribution in [2.45, 2.75) is 24.0 Å². The molecule has 0 aliphatic carbocycles. The van der Waals surface area contributed by atoms with Gasteiger partial charge in [-0.25, -0.2) is 0 Å². The number of rotatable bonds is 7. The average molecular weight is 500 g/mol. The molecule has 0 bridgehead atoms. The molecule has 0 aliphatic heterocycles. The van der Waals surface area contributed by atoms with Gasteiger partial charge in [-0.2, -0.15) is 8.42 Å². The van der Waals surface area contributed by atoms with Crippen LogP contribution in [0.3, 0.4) is 0 Å². The number of aliphatic hydroxyl groups excluding tert-OH is 1. The number of aliphatic hydroxyl groups is 1. The summed E-state index contributed by atoms with van der Waals surface area (Å²) < 4.78 is 33.3. The first-order valence-corrected chi connectivity index (χ1v) is 12.0. The molecule has 31 heavy (non-hydrogen) atoms. The average Bonchev–Trinajstić information content (AvgIpc) is 3.17. The Bertz CT molecular complexity index is 1300. The van der Waals surface area contributed by atoms with E-state index in [0.29, 0.717) is 0 Å². The van der Waals surface area contributed by atoms with Crippen molar-refractivity contribution in [1.82, 2.24) is 4.57 Å². The molecule has 1 aromatic heterocycles. The van der Waals surface area contributed by atoms with Crippen LogP contribution in [0.25, 0.3) is 10.9 Å². The summed E-state index contributed by atoms with van der Waals surface area (Å²) >= 11 is 3.48. The number of para-hydroxylation sites is 1. The van der Waals surface area contributed by atoms with E-state index in [0.717, 1.165) is 26.5 Å². The Kier molecular flexibility index (Phi) is 6.29. The highest BCUT2D eigenvalue weighted by Crippen LogP contribution is 2.30.